The topological polar surface area (TPSA) is 86.4 Å². The number of morpholine rings is 1. The number of carbonyl (C=O) groups excluding carboxylic acids is 1. The number of para-hydroxylation sites is 4. The van der Waals surface area contributed by atoms with Crippen LogP contribution in [0.3, 0.4) is 0 Å². The van der Waals surface area contributed by atoms with Gasteiger partial charge in [0.15, 0.2) is 5.75 Å². The minimum Gasteiger partial charge on any atom is -0.474 e. The highest BCUT2D eigenvalue weighted by Gasteiger charge is 2.27. The first-order valence-corrected chi connectivity index (χ1v) is 11.0. The third-order valence-electron chi connectivity index (χ3n) is 5.84. The second-order valence-electron chi connectivity index (χ2n) is 7.94. The Labute approximate surface area is 192 Å². The van der Waals surface area contributed by atoms with Gasteiger partial charge in [-0.05, 0) is 43.3 Å². The van der Waals surface area contributed by atoms with Gasteiger partial charge in [0.05, 0.1) is 24.5 Å². The summed E-state index contributed by atoms with van der Waals surface area (Å²) in [4.78, 5) is 19.5. The zero-order valence-electron chi connectivity index (χ0n) is 18.4. The van der Waals surface area contributed by atoms with Crippen molar-refractivity contribution in [1.82, 2.24) is 4.90 Å². The van der Waals surface area contributed by atoms with Crippen molar-refractivity contribution >= 4 is 17.3 Å². The van der Waals surface area contributed by atoms with Crippen LogP contribution in [0.4, 0.5) is 5.69 Å². The molecule has 0 bridgehead atoms. The summed E-state index contributed by atoms with van der Waals surface area (Å²) in [6.45, 7) is 4.76. The number of rotatable bonds is 5. The number of primary amides is 1. The second-order valence-corrected chi connectivity index (χ2v) is 7.94. The van der Waals surface area contributed by atoms with E-state index in [2.05, 4.69) is 4.90 Å². The molecule has 1 saturated heterocycles. The second kappa shape index (κ2) is 9.05. The quantitative estimate of drug-likeness (QED) is 0.502. The van der Waals surface area contributed by atoms with Gasteiger partial charge in [0.25, 0.3) is 5.91 Å². The molecular formula is C26H25N3O4. The molecule has 168 valence electrons. The van der Waals surface area contributed by atoms with Crippen LogP contribution in [0.1, 0.15) is 28.4 Å². The zero-order valence-corrected chi connectivity index (χ0v) is 18.4. The zero-order chi connectivity index (χ0) is 22.8. The van der Waals surface area contributed by atoms with Crippen LogP contribution in [-0.2, 0) is 4.74 Å². The fraction of sp³-hybridized carbons (Fsp3) is 0.231. The van der Waals surface area contributed by atoms with Crippen LogP contribution in [0.2, 0.25) is 0 Å². The van der Waals surface area contributed by atoms with E-state index in [1.165, 1.54) is 0 Å². The van der Waals surface area contributed by atoms with Gasteiger partial charge >= 0.3 is 0 Å². The third-order valence-corrected chi connectivity index (χ3v) is 5.84. The first-order valence-electron chi connectivity index (χ1n) is 11.0. The average Bonchev–Trinajstić information content (AvgIpc) is 3.01. The smallest absolute Gasteiger partial charge is 0.252 e. The minimum absolute atomic E-state index is 0.279. The lowest BCUT2D eigenvalue weighted by molar-refractivity contribution is -0.0375. The third kappa shape index (κ3) is 4.20. The minimum atomic E-state index is -0.555. The van der Waals surface area contributed by atoms with Crippen molar-refractivity contribution in [2.45, 2.75) is 13.2 Å². The van der Waals surface area contributed by atoms with Crippen LogP contribution < -0.4 is 15.2 Å². The molecule has 0 radical (unpaired) electrons. The summed E-state index contributed by atoms with van der Waals surface area (Å²) in [5.41, 5.74) is 8.90. The molecule has 3 aromatic rings. The van der Waals surface area contributed by atoms with Crippen LogP contribution in [-0.4, -0.2) is 49.0 Å². The summed E-state index contributed by atoms with van der Waals surface area (Å²) in [6.07, 6.45) is -0.279. The number of fused-ring (bicyclic) bond motifs is 2. The van der Waals surface area contributed by atoms with E-state index >= 15 is 0 Å². The van der Waals surface area contributed by atoms with Crippen molar-refractivity contribution in [3.63, 3.8) is 0 Å². The monoisotopic (exact) mass is 443 g/mol. The van der Waals surface area contributed by atoms with Gasteiger partial charge in [0.2, 0.25) is 0 Å². The number of carbonyl (C=O) groups is 1. The SMILES string of the molecule is CC(Oc1c(C(N)=O)cccc1C1=Nc2ccccc2Oc2ccccc21)N1CCOCC1. The van der Waals surface area contributed by atoms with E-state index in [4.69, 9.17) is 24.9 Å². The maximum Gasteiger partial charge on any atom is 0.252 e. The summed E-state index contributed by atoms with van der Waals surface area (Å²) in [6, 6.07) is 20.7. The van der Waals surface area contributed by atoms with E-state index in [0.29, 0.717) is 53.0 Å². The molecule has 7 heteroatoms. The van der Waals surface area contributed by atoms with Crippen molar-refractivity contribution in [1.29, 1.82) is 0 Å². The van der Waals surface area contributed by atoms with Crippen molar-refractivity contribution in [2.24, 2.45) is 10.7 Å². The van der Waals surface area contributed by atoms with Gasteiger partial charge < -0.3 is 19.9 Å². The molecule has 2 aliphatic heterocycles. The van der Waals surface area contributed by atoms with Crippen molar-refractivity contribution in [3.8, 4) is 17.2 Å². The predicted molar refractivity (Wildman–Crippen MR) is 126 cm³/mol. The van der Waals surface area contributed by atoms with Crippen LogP contribution >= 0.6 is 0 Å². The highest BCUT2D eigenvalue weighted by atomic mass is 16.5. The Morgan fingerprint density at radius 2 is 1.67 bits per heavy atom. The lowest BCUT2D eigenvalue weighted by Crippen LogP contribution is -2.45. The molecule has 1 unspecified atom stereocenters. The fourth-order valence-corrected chi connectivity index (χ4v) is 4.12. The summed E-state index contributed by atoms with van der Waals surface area (Å²) < 4.78 is 18.1. The molecule has 33 heavy (non-hydrogen) atoms. The van der Waals surface area contributed by atoms with Crippen LogP contribution in [0, 0.1) is 0 Å². The molecule has 0 aromatic heterocycles. The van der Waals surface area contributed by atoms with Gasteiger partial charge in [-0.3, -0.25) is 9.69 Å². The number of hydrogen-bond donors (Lipinski definition) is 1. The van der Waals surface area contributed by atoms with Gasteiger partial charge in [-0.2, -0.15) is 0 Å². The van der Waals surface area contributed by atoms with Crippen molar-refractivity contribution in [2.75, 3.05) is 26.3 Å². The molecule has 0 aliphatic carbocycles. The molecule has 2 aliphatic rings. The van der Waals surface area contributed by atoms with Gasteiger partial charge in [-0.25, -0.2) is 4.99 Å². The Bertz CT molecular complexity index is 1220. The molecule has 2 heterocycles. The van der Waals surface area contributed by atoms with Crippen LogP contribution in [0.25, 0.3) is 0 Å². The molecule has 7 nitrogen and oxygen atoms in total. The molecule has 5 rings (SSSR count). The van der Waals surface area contributed by atoms with Gasteiger partial charge in [0.1, 0.15) is 23.4 Å². The first-order chi connectivity index (χ1) is 16.1. The van der Waals surface area contributed by atoms with Gasteiger partial charge in [-0.15, -0.1) is 0 Å². The highest BCUT2D eigenvalue weighted by molar-refractivity contribution is 6.18. The summed E-state index contributed by atoms with van der Waals surface area (Å²) in [7, 11) is 0. The van der Waals surface area contributed by atoms with E-state index in [1.54, 1.807) is 12.1 Å². The summed E-state index contributed by atoms with van der Waals surface area (Å²) >= 11 is 0. The fourth-order valence-electron chi connectivity index (χ4n) is 4.12. The Morgan fingerprint density at radius 3 is 2.45 bits per heavy atom. The molecule has 0 saturated carbocycles. The Morgan fingerprint density at radius 1 is 0.970 bits per heavy atom. The molecule has 3 aromatic carbocycles. The number of benzene rings is 3. The molecule has 1 fully saturated rings. The number of ether oxygens (including phenoxy) is 3. The van der Waals surface area contributed by atoms with Crippen molar-refractivity contribution < 1.29 is 19.0 Å². The molecular weight excluding hydrogens is 418 g/mol. The predicted octanol–water partition coefficient (Wildman–Crippen LogP) is 4.12. The number of nitrogens with two attached hydrogens (primary N) is 1. The van der Waals surface area contributed by atoms with Gasteiger partial charge in [-0.1, -0.05) is 30.3 Å². The van der Waals surface area contributed by atoms with Crippen molar-refractivity contribution in [3.05, 3.63) is 83.4 Å². The van der Waals surface area contributed by atoms with Crippen LogP contribution in [0.5, 0.6) is 17.2 Å². The highest BCUT2D eigenvalue weighted by Crippen LogP contribution is 2.40. The number of aliphatic imine (C=N–C) groups is 1. The van der Waals surface area contributed by atoms with E-state index in [1.807, 2.05) is 61.5 Å². The van der Waals surface area contributed by atoms with Crippen LogP contribution in [0.15, 0.2) is 71.7 Å². The van der Waals surface area contributed by atoms with Gasteiger partial charge in [0, 0.05) is 24.2 Å². The Kier molecular flexibility index (Phi) is 5.81. The lowest BCUT2D eigenvalue weighted by atomic mass is 9.97. The standard InChI is InChI=1S/C26H25N3O4/c1-17(29-13-15-31-16-14-29)32-25-19(8-6-9-20(25)26(27)30)24-18-7-2-4-11-22(18)33-23-12-5-3-10-21(23)28-24/h2-12,17H,13-16H2,1H3,(H2,27,30). The Balaban J connectivity index is 1.66. The number of amides is 1. The summed E-state index contributed by atoms with van der Waals surface area (Å²) in [5.74, 6) is 1.20. The number of nitrogens with zero attached hydrogens (tertiary/aromatic N) is 2. The Hall–Kier alpha value is -3.68. The molecule has 2 N–H and O–H groups in total. The molecule has 1 amide bonds. The average molecular weight is 444 g/mol. The molecule has 1 atom stereocenters. The van der Waals surface area contributed by atoms with E-state index < -0.39 is 5.91 Å². The van der Waals surface area contributed by atoms with E-state index in [-0.39, 0.29) is 6.23 Å². The first kappa shape index (κ1) is 21.2. The van der Waals surface area contributed by atoms with E-state index in [9.17, 15) is 4.79 Å². The largest absolute Gasteiger partial charge is 0.474 e. The lowest BCUT2D eigenvalue weighted by Gasteiger charge is -2.33. The maximum absolute atomic E-state index is 12.4. The normalized spacial score (nSPS) is 16.5. The number of hydrogen-bond acceptors (Lipinski definition) is 6. The van der Waals surface area contributed by atoms with E-state index in [0.717, 1.165) is 18.7 Å². The maximum atomic E-state index is 12.4. The molecule has 0 spiro atoms. The summed E-state index contributed by atoms with van der Waals surface area (Å²) in [5, 5.41) is 0.